The summed E-state index contributed by atoms with van der Waals surface area (Å²) < 4.78 is 167. The number of halogens is 12. The summed E-state index contributed by atoms with van der Waals surface area (Å²) in [6, 6.07) is 5.50. The molecule has 12 heteroatoms. The molecule has 0 saturated heterocycles. The van der Waals surface area contributed by atoms with E-state index in [4.69, 9.17) is 0 Å². The molecule has 0 spiro atoms. The molecule has 3 aromatic carbocycles. The Morgan fingerprint density at radius 1 is 0.485 bits per heavy atom. The SMILES string of the molecule is Fc1ccc(C(F)(F)C(F)(F)C(F)(F)C(F)(F)c2ccc3ccccc3c2)cc1C(F)(F)F. The maximum atomic E-state index is 14.5. The van der Waals surface area contributed by atoms with Gasteiger partial charge in [0.2, 0.25) is 0 Å². The molecule has 0 N–H and O–H groups in total. The number of benzene rings is 3. The standard InChI is InChI=1S/C21H10F12/c22-16-8-7-14(10-15(16)19(27,28)29)18(25,26)21(32,33)20(30,31)17(23,24)13-6-5-11-3-1-2-4-12(11)9-13/h1-10H. The number of alkyl halides is 11. The lowest BCUT2D eigenvalue weighted by atomic mass is 9.89. The minimum Gasteiger partial charge on any atom is -0.206 e. The van der Waals surface area contributed by atoms with Gasteiger partial charge < -0.3 is 0 Å². The van der Waals surface area contributed by atoms with Crippen LogP contribution in [-0.4, -0.2) is 11.8 Å². The van der Waals surface area contributed by atoms with E-state index in [0.29, 0.717) is 12.1 Å². The molecule has 178 valence electrons. The summed E-state index contributed by atoms with van der Waals surface area (Å²) in [4.78, 5) is 0. The normalized spacial score (nSPS) is 14.1. The summed E-state index contributed by atoms with van der Waals surface area (Å²) in [7, 11) is 0. The minimum atomic E-state index is -6.89. The zero-order chi connectivity index (χ0) is 25.0. The molecule has 0 unspecified atom stereocenters. The fraction of sp³-hybridized carbons (Fsp3) is 0.238. The van der Waals surface area contributed by atoms with Crippen LogP contribution in [-0.2, 0) is 18.0 Å². The highest BCUT2D eigenvalue weighted by Gasteiger charge is 2.81. The highest BCUT2D eigenvalue weighted by molar-refractivity contribution is 5.83. The Balaban J connectivity index is 2.11. The highest BCUT2D eigenvalue weighted by Crippen LogP contribution is 2.59. The van der Waals surface area contributed by atoms with Gasteiger partial charge in [-0.2, -0.15) is 48.3 Å². The van der Waals surface area contributed by atoms with E-state index in [1.165, 1.54) is 24.3 Å². The van der Waals surface area contributed by atoms with Crippen LogP contribution in [0.2, 0.25) is 0 Å². The lowest BCUT2D eigenvalue weighted by Crippen LogP contribution is -2.59. The van der Waals surface area contributed by atoms with Crippen LogP contribution in [0.1, 0.15) is 16.7 Å². The lowest BCUT2D eigenvalue weighted by Gasteiger charge is -2.37. The Labute approximate surface area is 177 Å². The van der Waals surface area contributed by atoms with Crippen molar-refractivity contribution in [3.8, 4) is 0 Å². The summed E-state index contributed by atoms with van der Waals surface area (Å²) in [5.41, 5.74) is -6.60. The summed E-state index contributed by atoms with van der Waals surface area (Å²) in [6.07, 6.45) is -5.65. The fourth-order valence-electron chi connectivity index (χ4n) is 3.08. The number of hydrogen-bond acceptors (Lipinski definition) is 0. The Morgan fingerprint density at radius 2 is 0.939 bits per heavy atom. The van der Waals surface area contributed by atoms with Crippen LogP contribution in [0.5, 0.6) is 0 Å². The number of fused-ring (bicyclic) bond motifs is 1. The van der Waals surface area contributed by atoms with Crippen molar-refractivity contribution in [3.05, 3.63) is 83.2 Å². The van der Waals surface area contributed by atoms with Crippen LogP contribution in [0.15, 0.2) is 60.7 Å². The van der Waals surface area contributed by atoms with E-state index in [0.717, 1.165) is 6.07 Å². The largest absolute Gasteiger partial charge is 0.419 e. The van der Waals surface area contributed by atoms with E-state index in [2.05, 4.69) is 0 Å². The van der Waals surface area contributed by atoms with Gasteiger partial charge in [-0.25, -0.2) is 4.39 Å². The highest BCUT2D eigenvalue weighted by atomic mass is 19.4. The van der Waals surface area contributed by atoms with Gasteiger partial charge in [-0.15, -0.1) is 0 Å². The van der Waals surface area contributed by atoms with Gasteiger partial charge >= 0.3 is 29.9 Å². The first-order valence-electron chi connectivity index (χ1n) is 8.82. The van der Waals surface area contributed by atoms with Crippen molar-refractivity contribution in [2.75, 3.05) is 0 Å². The van der Waals surface area contributed by atoms with Crippen molar-refractivity contribution in [2.45, 2.75) is 29.9 Å². The molecule has 0 radical (unpaired) electrons. The average Bonchev–Trinajstić information content (AvgIpc) is 2.72. The summed E-state index contributed by atoms with van der Waals surface area (Å²) in [5.74, 6) is -27.9. The lowest BCUT2D eigenvalue weighted by molar-refractivity contribution is -0.374. The maximum Gasteiger partial charge on any atom is 0.419 e. The second-order valence-electron chi connectivity index (χ2n) is 7.05. The summed E-state index contributed by atoms with van der Waals surface area (Å²) in [5, 5.41) is 0.164. The van der Waals surface area contributed by atoms with Crippen molar-refractivity contribution < 1.29 is 52.7 Å². The van der Waals surface area contributed by atoms with Crippen molar-refractivity contribution in [2.24, 2.45) is 0 Å². The first-order chi connectivity index (χ1) is 14.9. The third kappa shape index (κ3) is 3.78. The van der Waals surface area contributed by atoms with E-state index in [9.17, 15) is 52.7 Å². The molecule has 0 aromatic heterocycles. The molecule has 0 amide bonds. The van der Waals surface area contributed by atoms with Gasteiger partial charge in [-0.3, -0.25) is 0 Å². The molecular formula is C21H10F12. The molecule has 0 fully saturated rings. The van der Waals surface area contributed by atoms with Crippen molar-refractivity contribution >= 4 is 10.8 Å². The van der Waals surface area contributed by atoms with Gasteiger partial charge in [0.05, 0.1) is 5.56 Å². The molecule has 0 nitrogen and oxygen atoms in total. The van der Waals surface area contributed by atoms with Crippen molar-refractivity contribution in [1.29, 1.82) is 0 Å². The van der Waals surface area contributed by atoms with Crippen LogP contribution in [0.25, 0.3) is 10.8 Å². The van der Waals surface area contributed by atoms with Crippen molar-refractivity contribution in [1.82, 2.24) is 0 Å². The van der Waals surface area contributed by atoms with Gasteiger partial charge in [0.1, 0.15) is 5.82 Å². The molecule has 0 heterocycles. The third-order valence-corrected chi connectivity index (χ3v) is 4.93. The first-order valence-corrected chi connectivity index (χ1v) is 8.82. The van der Waals surface area contributed by atoms with E-state index in [1.54, 1.807) is 0 Å². The number of rotatable bonds is 5. The molecule has 3 aromatic rings. The summed E-state index contributed by atoms with van der Waals surface area (Å²) >= 11 is 0. The Hall–Kier alpha value is -2.92. The van der Waals surface area contributed by atoms with Crippen molar-refractivity contribution in [3.63, 3.8) is 0 Å². The maximum absolute atomic E-state index is 14.5. The van der Waals surface area contributed by atoms with E-state index in [1.807, 2.05) is 0 Å². The van der Waals surface area contributed by atoms with Gasteiger partial charge in [-0.05, 0) is 35.0 Å². The van der Waals surface area contributed by atoms with Gasteiger partial charge in [0, 0.05) is 11.1 Å². The van der Waals surface area contributed by atoms with E-state index < -0.39 is 58.4 Å². The van der Waals surface area contributed by atoms with Crippen LogP contribution in [0.4, 0.5) is 52.7 Å². The van der Waals surface area contributed by atoms with E-state index in [-0.39, 0.29) is 22.9 Å². The first kappa shape index (κ1) is 24.7. The average molecular weight is 490 g/mol. The molecule has 0 bridgehead atoms. The molecule has 0 atom stereocenters. The Bertz CT molecular complexity index is 1180. The number of hydrogen-bond donors (Lipinski definition) is 0. The molecule has 0 aliphatic heterocycles. The summed E-state index contributed by atoms with van der Waals surface area (Å²) in [6.45, 7) is 0. The Kier molecular flexibility index (Phi) is 5.66. The molecular weight excluding hydrogens is 480 g/mol. The molecule has 33 heavy (non-hydrogen) atoms. The van der Waals surface area contributed by atoms with Gasteiger partial charge in [-0.1, -0.05) is 36.4 Å². The monoisotopic (exact) mass is 490 g/mol. The van der Waals surface area contributed by atoms with Crippen LogP contribution >= 0.6 is 0 Å². The molecule has 0 aliphatic rings. The third-order valence-electron chi connectivity index (χ3n) is 4.93. The minimum absolute atomic E-state index is 0.0890. The van der Waals surface area contributed by atoms with Crippen LogP contribution < -0.4 is 0 Å². The fourth-order valence-corrected chi connectivity index (χ4v) is 3.08. The zero-order valence-corrected chi connectivity index (χ0v) is 15.8. The Morgan fingerprint density at radius 3 is 1.45 bits per heavy atom. The second-order valence-corrected chi connectivity index (χ2v) is 7.05. The van der Waals surface area contributed by atoms with Crippen LogP contribution in [0.3, 0.4) is 0 Å². The topological polar surface area (TPSA) is 0 Å². The van der Waals surface area contributed by atoms with Gasteiger partial charge in [0.15, 0.2) is 0 Å². The quantitative estimate of drug-likeness (QED) is 0.317. The predicted octanol–water partition coefficient (Wildman–Crippen LogP) is 8.15. The smallest absolute Gasteiger partial charge is 0.206 e. The predicted molar refractivity (Wildman–Crippen MR) is 93.0 cm³/mol. The zero-order valence-electron chi connectivity index (χ0n) is 15.8. The molecule has 3 rings (SSSR count). The van der Waals surface area contributed by atoms with Crippen LogP contribution in [0, 0.1) is 5.82 Å². The van der Waals surface area contributed by atoms with Gasteiger partial charge in [0.25, 0.3) is 0 Å². The molecule has 0 aliphatic carbocycles. The van der Waals surface area contributed by atoms with E-state index >= 15 is 0 Å². The second kappa shape index (κ2) is 7.56. The molecule has 0 saturated carbocycles.